The Labute approximate surface area is 127 Å². The van der Waals surface area contributed by atoms with Gasteiger partial charge in [-0.1, -0.05) is 25.8 Å². The summed E-state index contributed by atoms with van der Waals surface area (Å²) < 4.78 is 0. The van der Waals surface area contributed by atoms with Crippen LogP contribution in [0.5, 0.6) is 0 Å². The van der Waals surface area contributed by atoms with Crippen molar-refractivity contribution in [3.63, 3.8) is 0 Å². The van der Waals surface area contributed by atoms with E-state index in [0.717, 1.165) is 6.54 Å². The molecule has 3 heteroatoms. The lowest BCUT2D eigenvalue weighted by Gasteiger charge is -2.47. The van der Waals surface area contributed by atoms with Crippen molar-refractivity contribution in [3.8, 4) is 0 Å². The highest BCUT2D eigenvalue weighted by molar-refractivity contribution is 7.98. The second-order valence-corrected chi connectivity index (χ2v) is 7.14. The molecule has 1 heterocycles. The smallest absolute Gasteiger partial charge is 0.0412 e. The largest absolute Gasteiger partial charge is 0.365 e. The highest BCUT2D eigenvalue weighted by atomic mass is 32.2. The van der Waals surface area contributed by atoms with Crippen LogP contribution in [0.25, 0.3) is 0 Å². The molecule has 1 aliphatic carbocycles. The molecule has 1 unspecified atom stereocenters. The maximum atomic E-state index is 3.88. The average molecular weight is 290 g/mol. The van der Waals surface area contributed by atoms with E-state index < -0.39 is 0 Å². The number of nitrogens with zero attached hydrogens (tertiary/aromatic N) is 1. The lowest BCUT2D eigenvalue weighted by molar-refractivity contribution is 0.267. The highest BCUT2D eigenvalue weighted by Gasteiger charge is 2.40. The monoisotopic (exact) mass is 290 g/mol. The molecule has 1 atom stereocenters. The van der Waals surface area contributed by atoms with E-state index in [1.807, 2.05) is 11.8 Å². The Balaban J connectivity index is 1.86. The number of benzene rings is 1. The number of anilines is 1. The first-order chi connectivity index (χ1) is 9.76. The summed E-state index contributed by atoms with van der Waals surface area (Å²) in [6.45, 7) is 4.63. The summed E-state index contributed by atoms with van der Waals surface area (Å²) in [5, 5.41) is 3.88. The van der Waals surface area contributed by atoms with Crippen molar-refractivity contribution in [2.75, 3.05) is 24.2 Å². The summed E-state index contributed by atoms with van der Waals surface area (Å²) in [5.74, 6) is 0. The molecule has 1 saturated carbocycles. The maximum absolute atomic E-state index is 3.88. The van der Waals surface area contributed by atoms with Crippen LogP contribution < -0.4 is 10.2 Å². The van der Waals surface area contributed by atoms with Crippen molar-refractivity contribution < 1.29 is 0 Å². The van der Waals surface area contributed by atoms with Crippen molar-refractivity contribution in [1.82, 2.24) is 5.32 Å². The fourth-order valence-corrected chi connectivity index (χ4v) is 4.25. The number of rotatable bonds is 3. The quantitative estimate of drug-likeness (QED) is 0.850. The van der Waals surface area contributed by atoms with Gasteiger partial charge in [0, 0.05) is 35.3 Å². The Morgan fingerprint density at radius 3 is 2.85 bits per heavy atom. The summed E-state index contributed by atoms with van der Waals surface area (Å²) in [5.41, 5.74) is 1.80. The molecule has 0 bridgehead atoms. The van der Waals surface area contributed by atoms with Gasteiger partial charge in [0.25, 0.3) is 0 Å². The SMILES string of the molecule is CCC1CNC2(CCCC2)CN1c1cccc(SC)c1. The van der Waals surface area contributed by atoms with E-state index >= 15 is 0 Å². The molecule has 20 heavy (non-hydrogen) atoms. The van der Waals surface area contributed by atoms with Gasteiger partial charge < -0.3 is 10.2 Å². The third kappa shape index (κ3) is 2.71. The Morgan fingerprint density at radius 2 is 2.15 bits per heavy atom. The number of thioether (sulfide) groups is 1. The predicted molar refractivity (Wildman–Crippen MR) is 88.8 cm³/mol. The molecule has 1 spiro atoms. The molecule has 1 aromatic rings. The molecule has 0 aromatic heterocycles. The zero-order chi connectivity index (χ0) is 14.0. The highest BCUT2D eigenvalue weighted by Crippen LogP contribution is 2.36. The molecule has 0 radical (unpaired) electrons. The van der Waals surface area contributed by atoms with E-state index in [1.165, 1.54) is 49.2 Å². The van der Waals surface area contributed by atoms with Crippen LogP contribution in [-0.2, 0) is 0 Å². The summed E-state index contributed by atoms with van der Waals surface area (Å²) >= 11 is 1.84. The second kappa shape index (κ2) is 5.98. The van der Waals surface area contributed by atoms with Gasteiger partial charge in [-0.3, -0.25) is 0 Å². The Hall–Kier alpha value is -0.670. The maximum Gasteiger partial charge on any atom is 0.0412 e. The van der Waals surface area contributed by atoms with Crippen LogP contribution in [-0.4, -0.2) is 30.9 Å². The lowest BCUT2D eigenvalue weighted by atomic mass is 9.91. The van der Waals surface area contributed by atoms with Crippen LogP contribution in [0.3, 0.4) is 0 Å². The van der Waals surface area contributed by atoms with Crippen molar-refractivity contribution in [2.45, 2.75) is 55.5 Å². The molecule has 2 nitrogen and oxygen atoms in total. The zero-order valence-corrected chi connectivity index (χ0v) is 13.5. The fraction of sp³-hybridized carbons (Fsp3) is 0.647. The zero-order valence-electron chi connectivity index (χ0n) is 12.7. The molecule has 1 saturated heterocycles. The van der Waals surface area contributed by atoms with Gasteiger partial charge in [-0.25, -0.2) is 0 Å². The van der Waals surface area contributed by atoms with Gasteiger partial charge in [-0.2, -0.15) is 0 Å². The number of hydrogen-bond acceptors (Lipinski definition) is 3. The van der Waals surface area contributed by atoms with Crippen LogP contribution in [0.15, 0.2) is 29.2 Å². The molecule has 2 fully saturated rings. The first kappa shape index (κ1) is 14.3. The van der Waals surface area contributed by atoms with Crippen LogP contribution in [0.2, 0.25) is 0 Å². The van der Waals surface area contributed by atoms with Crippen LogP contribution in [0.4, 0.5) is 5.69 Å². The normalized spacial score (nSPS) is 25.3. The van der Waals surface area contributed by atoms with Crippen molar-refractivity contribution in [2.24, 2.45) is 0 Å². The third-order valence-corrected chi connectivity index (χ3v) is 5.77. The standard InChI is InChI=1S/C17H26N2S/c1-3-14-12-18-17(9-4-5-10-17)13-19(14)15-7-6-8-16(11-15)20-2/h6-8,11,14,18H,3-5,9-10,12-13H2,1-2H3. The van der Waals surface area contributed by atoms with E-state index in [2.05, 4.69) is 47.7 Å². The molecule has 0 amide bonds. The predicted octanol–water partition coefficient (Wildman–Crippen LogP) is 3.91. The van der Waals surface area contributed by atoms with E-state index in [1.54, 1.807) is 0 Å². The summed E-state index contributed by atoms with van der Waals surface area (Å²) in [4.78, 5) is 4.04. The van der Waals surface area contributed by atoms with E-state index in [0.29, 0.717) is 11.6 Å². The van der Waals surface area contributed by atoms with E-state index in [9.17, 15) is 0 Å². The topological polar surface area (TPSA) is 15.3 Å². The van der Waals surface area contributed by atoms with Crippen LogP contribution in [0, 0.1) is 0 Å². The van der Waals surface area contributed by atoms with E-state index in [-0.39, 0.29) is 0 Å². The number of piperazine rings is 1. The molecule has 110 valence electrons. The molecular formula is C17H26N2S. The summed E-state index contributed by atoms with van der Waals surface area (Å²) in [6, 6.07) is 9.70. The molecule has 1 aliphatic heterocycles. The minimum Gasteiger partial charge on any atom is -0.365 e. The van der Waals surface area contributed by atoms with Gasteiger partial charge >= 0.3 is 0 Å². The summed E-state index contributed by atoms with van der Waals surface area (Å²) in [6.07, 6.45) is 8.86. The van der Waals surface area contributed by atoms with Gasteiger partial charge in [0.15, 0.2) is 0 Å². The first-order valence-corrected chi connectivity index (χ1v) is 9.14. The molecule has 2 aliphatic rings. The Kier molecular flexibility index (Phi) is 4.27. The third-order valence-electron chi connectivity index (χ3n) is 5.04. The van der Waals surface area contributed by atoms with Gasteiger partial charge in [0.05, 0.1) is 0 Å². The second-order valence-electron chi connectivity index (χ2n) is 6.26. The molecule has 3 rings (SSSR count). The fourth-order valence-electron chi connectivity index (χ4n) is 3.80. The number of hydrogen-bond donors (Lipinski definition) is 1. The van der Waals surface area contributed by atoms with Gasteiger partial charge in [-0.15, -0.1) is 11.8 Å². The lowest BCUT2D eigenvalue weighted by Crippen LogP contribution is -2.63. The van der Waals surface area contributed by atoms with Gasteiger partial charge in [0.2, 0.25) is 0 Å². The molecular weight excluding hydrogens is 264 g/mol. The van der Waals surface area contributed by atoms with Crippen LogP contribution in [0.1, 0.15) is 39.0 Å². The van der Waals surface area contributed by atoms with Crippen molar-refractivity contribution >= 4 is 17.4 Å². The van der Waals surface area contributed by atoms with E-state index in [4.69, 9.17) is 0 Å². The first-order valence-electron chi connectivity index (χ1n) is 7.92. The molecule has 1 aromatic carbocycles. The summed E-state index contributed by atoms with van der Waals surface area (Å²) in [7, 11) is 0. The van der Waals surface area contributed by atoms with Crippen molar-refractivity contribution in [3.05, 3.63) is 24.3 Å². The minimum atomic E-state index is 0.390. The van der Waals surface area contributed by atoms with Gasteiger partial charge in [-0.05, 0) is 43.7 Å². The van der Waals surface area contributed by atoms with Gasteiger partial charge in [0.1, 0.15) is 0 Å². The Bertz CT molecular complexity index is 454. The minimum absolute atomic E-state index is 0.390. The average Bonchev–Trinajstić information content (AvgIpc) is 2.95. The Morgan fingerprint density at radius 1 is 1.35 bits per heavy atom. The van der Waals surface area contributed by atoms with Crippen LogP contribution >= 0.6 is 11.8 Å². The number of nitrogens with one attached hydrogen (secondary N) is 1. The van der Waals surface area contributed by atoms with Crippen molar-refractivity contribution in [1.29, 1.82) is 0 Å². The molecule has 1 N–H and O–H groups in total.